The second-order valence-electron chi connectivity index (χ2n) is 9.75. The molecule has 9 heteroatoms. The van der Waals surface area contributed by atoms with Gasteiger partial charge in [-0.2, -0.15) is 0 Å². The topological polar surface area (TPSA) is 111 Å². The van der Waals surface area contributed by atoms with Crippen LogP contribution in [-0.2, 0) is 23.8 Å². The second kappa shape index (κ2) is 11.7. The van der Waals surface area contributed by atoms with Gasteiger partial charge in [0, 0.05) is 19.6 Å². The maximum absolute atomic E-state index is 12.6. The molecule has 180 valence electrons. The van der Waals surface area contributed by atoms with E-state index in [2.05, 4.69) is 4.90 Å². The third kappa shape index (κ3) is 8.65. The maximum atomic E-state index is 12.6. The summed E-state index contributed by atoms with van der Waals surface area (Å²) in [5, 5.41) is 0. The van der Waals surface area contributed by atoms with Crippen molar-refractivity contribution in [3.63, 3.8) is 0 Å². The van der Waals surface area contributed by atoms with Crippen LogP contribution in [0.2, 0.25) is 0 Å². The average molecular weight is 444 g/mol. The van der Waals surface area contributed by atoms with Crippen molar-refractivity contribution in [3.8, 4) is 0 Å². The summed E-state index contributed by atoms with van der Waals surface area (Å²) in [6.45, 7) is 13.5. The van der Waals surface area contributed by atoms with E-state index < -0.39 is 35.2 Å². The van der Waals surface area contributed by atoms with Gasteiger partial charge in [-0.15, -0.1) is 0 Å². The van der Waals surface area contributed by atoms with Crippen LogP contribution in [0.1, 0.15) is 60.8 Å². The van der Waals surface area contributed by atoms with E-state index in [1.54, 1.807) is 20.8 Å². The number of amides is 1. The normalized spacial score (nSPS) is 19.0. The molecule has 1 aliphatic rings. The van der Waals surface area contributed by atoms with Crippen molar-refractivity contribution in [2.24, 2.45) is 11.1 Å². The Bertz CT molecular complexity index is 617. The first-order chi connectivity index (χ1) is 14.3. The first-order valence-electron chi connectivity index (χ1n) is 11.0. The molecule has 0 aromatic heterocycles. The molecule has 1 fully saturated rings. The van der Waals surface area contributed by atoms with Crippen molar-refractivity contribution in [1.29, 1.82) is 0 Å². The summed E-state index contributed by atoms with van der Waals surface area (Å²) in [5.74, 6) is -0.869. The molecule has 0 unspecified atom stereocenters. The molecule has 1 saturated heterocycles. The summed E-state index contributed by atoms with van der Waals surface area (Å²) in [4.78, 5) is 40.6. The highest BCUT2D eigenvalue weighted by molar-refractivity contribution is 5.82. The Labute approximate surface area is 186 Å². The van der Waals surface area contributed by atoms with Crippen LogP contribution < -0.4 is 5.73 Å². The van der Waals surface area contributed by atoms with Crippen molar-refractivity contribution in [1.82, 2.24) is 9.80 Å². The van der Waals surface area contributed by atoms with Gasteiger partial charge in [-0.3, -0.25) is 14.6 Å². The molecule has 31 heavy (non-hydrogen) atoms. The van der Waals surface area contributed by atoms with Crippen LogP contribution in [0.3, 0.4) is 0 Å². The van der Waals surface area contributed by atoms with E-state index in [-0.39, 0.29) is 5.97 Å². The predicted molar refractivity (Wildman–Crippen MR) is 117 cm³/mol. The highest BCUT2D eigenvalue weighted by Crippen LogP contribution is 2.26. The minimum Gasteiger partial charge on any atom is -0.467 e. The van der Waals surface area contributed by atoms with Crippen LogP contribution in [0.5, 0.6) is 0 Å². The number of carbonyl (C=O) groups excluding carboxylic acids is 3. The molecule has 1 amide bonds. The van der Waals surface area contributed by atoms with Crippen LogP contribution >= 0.6 is 0 Å². The summed E-state index contributed by atoms with van der Waals surface area (Å²) in [6.07, 6.45) is 1.87. The van der Waals surface area contributed by atoms with Crippen LogP contribution in [-0.4, -0.2) is 85.4 Å². The van der Waals surface area contributed by atoms with Crippen LogP contribution in [0.15, 0.2) is 0 Å². The Morgan fingerprint density at radius 3 is 2.32 bits per heavy atom. The van der Waals surface area contributed by atoms with Crippen molar-refractivity contribution in [2.45, 2.75) is 78.5 Å². The molecule has 0 bridgehead atoms. The maximum Gasteiger partial charge on any atom is 0.411 e. The number of rotatable bonds is 9. The number of esters is 2. The molecule has 9 nitrogen and oxygen atoms in total. The van der Waals surface area contributed by atoms with E-state index in [9.17, 15) is 14.4 Å². The highest BCUT2D eigenvalue weighted by Gasteiger charge is 2.39. The zero-order valence-electron chi connectivity index (χ0n) is 20.2. The van der Waals surface area contributed by atoms with Crippen molar-refractivity contribution in [2.75, 3.05) is 39.9 Å². The lowest BCUT2D eigenvalue weighted by molar-refractivity contribution is -0.149. The van der Waals surface area contributed by atoms with Gasteiger partial charge in [-0.05, 0) is 45.6 Å². The number of piperazine rings is 1. The number of hydrogen-bond acceptors (Lipinski definition) is 8. The fourth-order valence-electron chi connectivity index (χ4n) is 3.25. The molecule has 0 spiro atoms. The lowest BCUT2D eigenvalue weighted by atomic mass is 9.81. The van der Waals surface area contributed by atoms with Crippen LogP contribution in [0.4, 0.5) is 4.79 Å². The molecule has 0 radical (unpaired) electrons. The summed E-state index contributed by atoms with van der Waals surface area (Å²) in [7, 11) is 1.31. The van der Waals surface area contributed by atoms with Crippen LogP contribution in [0.25, 0.3) is 0 Å². The number of methoxy groups -OCH3 is 1. The standard InChI is InChI=1S/C22H41N3O6/c1-8-9-14-30-19(27)17(23)22(5,6)10-11-24-12-13-25(16(15-24)18(26)29-7)20(28)31-21(2,3)4/h16-17H,8-15,23H2,1-7H3/t16-,17-/m0/s1. The van der Waals surface area contributed by atoms with E-state index in [1.807, 2.05) is 20.8 Å². The van der Waals surface area contributed by atoms with Gasteiger partial charge < -0.3 is 19.9 Å². The van der Waals surface area contributed by atoms with Gasteiger partial charge in [0.25, 0.3) is 0 Å². The third-order valence-electron chi connectivity index (χ3n) is 5.48. The molecular weight excluding hydrogens is 402 g/mol. The average Bonchev–Trinajstić information content (AvgIpc) is 2.69. The highest BCUT2D eigenvalue weighted by atomic mass is 16.6. The molecule has 0 aromatic carbocycles. The lowest BCUT2D eigenvalue weighted by Gasteiger charge is -2.41. The third-order valence-corrected chi connectivity index (χ3v) is 5.48. The number of ether oxygens (including phenoxy) is 3. The molecule has 0 aromatic rings. The number of hydrogen-bond donors (Lipinski definition) is 1. The van der Waals surface area contributed by atoms with E-state index in [0.29, 0.717) is 39.2 Å². The Hall–Kier alpha value is -1.87. The molecule has 2 atom stereocenters. The molecule has 1 heterocycles. The monoisotopic (exact) mass is 443 g/mol. The fraction of sp³-hybridized carbons (Fsp3) is 0.864. The van der Waals surface area contributed by atoms with E-state index in [4.69, 9.17) is 19.9 Å². The Morgan fingerprint density at radius 1 is 1.13 bits per heavy atom. The number of unbranched alkanes of at least 4 members (excludes halogenated alkanes) is 1. The predicted octanol–water partition coefficient (Wildman–Crippen LogP) is 2.17. The van der Waals surface area contributed by atoms with Gasteiger partial charge in [0.15, 0.2) is 0 Å². The minimum absolute atomic E-state index is 0.332. The zero-order valence-corrected chi connectivity index (χ0v) is 20.2. The molecule has 1 aliphatic heterocycles. The van der Waals surface area contributed by atoms with Gasteiger partial charge in [-0.25, -0.2) is 9.59 Å². The summed E-state index contributed by atoms with van der Waals surface area (Å²) in [6, 6.07) is -1.48. The van der Waals surface area contributed by atoms with Gasteiger partial charge in [0.05, 0.1) is 13.7 Å². The molecule has 0 saturated carbocycles. The first kappa shape index (κ1) is 27.2. The quantitative estimate of drug-likeness (QED) is 0.328. The Balaban J connectivity index is 2.71. The van der Waals surface area contributed by atoms with Gasteiger partial charge >= 0.3 is 18.0 Å². The summed E-state index contributed by atoms with van der Waals surface area (Å²) >= 11 is 0. The Morgan fingerprint density at radius 2 is 1.77 bits per heavy atom. The van der Waals surface area contributed by atoms with Gasteiger partial charge in [0.1, 0.15) is 17.7 Å². The molecular formula is C22H41N3O6. The van der Waals surface area contributed by atoms with E-state index in [0.717, 1.165) is 12.8 Å². The number of carbonyl (C=O) groups is 3. The SMILES string of the molecule is CCCCOC(=O)[C@H](N)C(C)(C)CCN1CCN(C(=O)OC(C)(C)C)[C@H](C(=O)OC)C1. The second-order valence-corrected chi connectivity index (χ2v) is 9.75. The summed E-state index contributed by atoms with van der Waals surface area (Å²) in [5.41, 5.74) is 5.04. The zero-order chi connectivity index (χ0) is 23.8. The largest absolute Gasteiger partial charge is 0.467 e. The first-order valence-corrected chi connectivity index (χ1v) is 11.0. The van der Waals surface area contributed by atoms with E-state index >= 15 is 0 Å². The smallest absolute Gasteiger partial charge is 0.411 e. The lowest BCUT2D eigenvalue weighted by Crippen LogP contribution is -2.59. The minimum atomic E-state index is -0.746. The van der Waals surface area contributed by atoms with Crippen molar-refractivity contribution in [3.05, 3.63) is 0 Å². The molecule has 1 rings (SSSR count). The van der Waals surface area contributed by atoms with Gasteiger partial charge in [-0.1, -0.05) is 27.2 Å². The van der Waals surface area contributed by atoms with Crippen molar-refractivity contribution >= 4 is 18.0 Å². The van der Waals surface area contributed by atoms with Crippen LogP contribution in [0, 0.1) is 5.41 Å². The van der Waals surface area contributed by atoms with Gasteiger partial charge in [0.2, 0.25) is 0 Å². The van der Waals surface area contributed by atoms with E-state index in [1.165, 1.54) is 12.0 Å². The number of nitrogens with two attached hydrogens (primary N) is 1. The van der Waals surface area contributed by atoms with Crippen molar-refractivity contribution < 1.29 is 28.6 Å². The molecule has 2 N–H and O–H groups in total. The Kier molecular flexibility index (Phi) is 10.2. The fourth-order valence-corrected chi connectivity index (χ4v) is 3.25. The molecule has 0 aliphatic carbocycles. The summed E-state index contributed by atoms with van der Waals surface area (Å²) < 4.78 is 15.6. The number of nitrogens with zero attached hydrogens (tertiary/aromatic N) is 2.